The summed E-state index contributed by atoms with van der Waals surface area (Å²) < 4.78 is 20.4. The molecule has 0 radical (unpaired) electrons. The Hall–Kier alpha value is -2.09. The number of ether oxygens (including phenoxy) is 4. The molecule has 8 nitrogen and oxygen atoms in total. The smallest absolute Gasteiger partial charge is 0.410 e. The number of esters is 2. The van der Waals surface area contributed by atoms with E-state index in [9.17, 15) is 14.4 Å². The lowest BCUT2D eigenvalue weighted by molar-refractivity contribution is -0.192. The van der Waals surface area contributed by atoms with Crippen molar-refractivity contribution in [3.05, 3.63) is 12.2 Å². The van der Waals surface area contributed by atoms with Crippen LogP contribution in [-0.4, -0.2) is 42.8 Å². The van der Waals surface area contributed by atoms with Crippen LogP contribution in [0.1, 0.15) is 48.0 Å². The molecular weight excluding hydrogens is 330 g/mol. The average molecular weight is 357 g/mol. The highest BCUT2D eigenvalue weighted by Gasteiger charge is 2.44. The molecule has 25 heavy (non-hydrogen) atoms. The van der Waals surface area contributed by atoms with Crippen molar-refractivity contribution in [2.45, 2.75) is 59.3 Å². The van der Waals surface area contributed by atoms with Crippen LogP contribution in [0.5, 0.6) is 0 Å². The predicted molar refractivity (Wildman–Crippen MR) is 88.3 cm³/mol. The minimum Gasteiger partial charge on any atom is -0.444 e. The second-order valence-electron chi connectivity index (χ2n) is 7.67. The van der Waals surface area contributed by atoms with Crippen molar-refractivity contribution in [1.82, 2.24) is 5.32 Å². The quantitative estimate of drug-likeness (QED) is 0.468. The van der Waals surface area contributed by atoms with Crippen LogP contribution < -0.4 is 5.32 Å². The number of rotatable bonds is 4. The van der Waals surface area contributed by atoms with Crippen molar-refractivity contribution in [3.63, 3.8) is 0 Å². The molecule has 1 N–H and O–H groups in total. The average Bonchev–Trinajstić information content (AvgIpc) is 2.44. The monoisotopic (exact) mass is 357 g/mol. The molecule has 1 aliphatic rings. The van der Waals surface area contributed by atoms with Crippen LogP contribution in [-0.2, 0) is 28.5 Å². The third kappa shape index (κ3) is 6.74. The zero-order chi connectivity index (χ0) is 19.3. The molecule has 1 heterocycles. The number of carbonyl (C=O) groups is 3. The van der Waals surface area contributed by atoms with Gasteiger partial charge in [-0.15, -0.1) is 0 Å². The molecule has 0 aromatic rings. The summed E-state index contributed by atoms with van der Waals surface area (Å²) in [6.07, 6.45) is 2.65. The van der Waals surface area contributed by atoms with E-state index in [4.69, 9.17) is 18.9 Å². The maximum Gasteiger partial charge on any atom is 0.410 e. The van der Waals surface area contributed by atoms with Crippen LogP contribution in [0.3, 0.4) is 0 Å². The Balaban J connectivity index is 2.71. The van der Waals surface area contributed by atoms with Gasteiger partial charge >= 0.3 is 18.0 Å². The van der Waals surface area contributed by atoms with Gasteiger partial charge in [0.05, 0.1) is 12.0 Å². The van der Waals surface area contributed by atoms with E-state index in [1.54, 1.807) is 53.7 Å². The lowest BCUT2D eigenvalue weighted by atomic mass is 9.98. The summed E-state index contributed by atoms with van der Waals surface area (Å²) in [6, 6.07) is 0. The number of alkyl carbamates (subject to hydrolysis) is 1. The highest BCUT2D eigenvalue weighted by molar-refractivity contribution is 5.85. The Morgan fingerprint density at radius 3 is 2.20 bits per heavy atom. The molecule has 0 spiro atoms. The summed E-state index contributed by atoms with van der Waals surface area (Å²) >= 11 is 0. The van der Waals surface area contributed by atoms with Gasteiger partial charge in [-0.1, -0.05) is 12.2 Å². The molecule has 1 atom stereocenters. The van der Waals surface area contributed by atoms with Gasteiger partial charge in [-0.3, -0.25) is 10.1 Å². The van der Waals surface area contributed by atoms with Gasteiger partial charge in [-0.2, -0.15) is 0 Å². The van der Waals surface area contributed by atoms with Gasteiger partial charge in [0.25, 0.3) is 0 Å². The lowest BCUT2D eigenvalue weighted by Crippen LogP contribution is -2.58. The Morgan fingerprint density at radius 2 is 1.72 bits per heavy atom. The molecular formula is C17H27NO7. The Kier molecular flexibility index (Phi) is 6.59. The molecule has 142 valence electrons. The van der Waals surface area contributed by atoms with E-state index in [1.165, 1.54) is 0 Å². The SMILES string of the molecule is CC(C)(C)OC(=O)NC1(C(=O)OCOC(=O)C(C)(C)C)CC=CCO1. The predicted octanol–water partition coefficient (Wildman–Crippen LogP) is 2.27. The molecule has 0 saturated heterocycles. The second kappa shape index (κ2) is 7.86. The van der Waals surface area contributed by atoms with Gasteiger partial charge in [0.15, 0.2) is 0 Å². The standard InChI is InChI=1S/C17H27NO7/c1-15(2,3)12(19)22-11-23-13(20)17(9-7-8-10-24-17)18-14(21)25-16(4,5)6/h7-8H,9-11H2,1-6H3,(H,18,21). The van der Waals surface area contributed by atoms with Crippen LogP contribution in [0.4, 0.5) is 4.79 Å². The zero-order valence-corrected chi connectivity index (χ0v) is 15.6. The molecule has 0 fully saturated rings. The number of carbonyl (C=O) groups excluding carboxylic acids is 3. The zero-order valence-electron chi connectivity index (χ0n) is 15.6. The maximum absolute atomic E-state index is 12.4. The van der Waals surface area contributed by atoms with E-state index < -0.39 is 41.6 Å². The van der Waals surface area contributed by atoms with Gasteiger partial charge in [-0.05, 0) is 41.5 Å². The van der Waals surface area contributed by atoms with Gasteiger partial charge in [-0.25, -0.2) is 9.59 Å². The van der Waals surface area contributed by atoms with Gasteiger partial charge in [0.2, 0.25) is 12.5 Å². The van der Waals surface area contributed by atoms with Crippen LogP contribution in [0.15, 0.2) is 12.2 Å². The summed E-state index contributed by atoms with van der Waals surface area (Å²) in [7, 11) is 0. The van der Waals surface area contributed by atoms with Crippen LogP contribution in [0.25, 0.3) is 0 Å². The summed E-state index contributed by atoms with van der Waals surface area (Å²) in [5.74, 6) is -1.39. The molecule has 0 bridgehead atoms. The molecule has 0 aliphatic carbocycles. The fourth-order valence-electron chi connectivity index (χ4n) is 1.79. The summed E-state index contributed by atoms with van der Waals surface area (Å²) in [5.41, 5.74) is -3.17. The van der Waals surface area contributed by atoms with E-state index in [0.29, 0.717) is 0 Å². The van der Waals surface area contributed by atoms with Gasteiger partial charge in [0.1, 0.15) is 5.60 Å². The fourth-order valence-corrected chi connectivity index (χ4v) is 1.79. The van der Waals surface area contributed by atoms with Crippen molar-refractivity contribution in [2.24, 2.45) is 5.41 Å². The molecule has 1 amide bonds. The lowest BCUT2D eigenvalue weighted by Gasteiger charge is -2.33. The van der Waals surface area contributed by atoms with Crippen molar-refractivity contribution in [3.8, 4) is 0 Å². The molecule has 8 heteroatoms. The van der Waals surface area contributed by atoms with Gasteiger partial charge in [0, 0.05) is 6.42 Å². The van der Waals surface area contributed by atoms with Gasteiger partial charge < -0.3 is 18.9 Å². The normalized spacial score (nSPS) is 20.6. The fraction of sp³-hybridized carbons (Fsp3) is 0.706. The van der Waals surface area contributed by atoms with Crippen LogP contribution in [0.2, 0.25) is 0 Å². The van der Waals surface area contributed by atoms with E-state index >= 15 is 0 Å². The van der Waals surface area contributed by atoms with Crippen LogP contribution >= 0.6 is 0 Å². The van der Waals surface area contributed by atoms with Crippen molar-refractivity contribution < 1.29 is 33.3 Å². The molecule has 0 aromatic heterocycles. The van der Waals surface area contributed by atoms with E-state index in [2.05, 4.69) is 5.32 Å². The molecule has 1 rings (SSSR count). The van der Waals surface area contributed by atoms with E-state index in [0.717, 1.165) is 0 Å². The highest BCUT2D eigenvalue weighted by Crippen LogP contribution is 2.22. The van der Waals surface area contributed by atoms with Crippen molar-refractivity contribution >= 4 is 18.0 Å². The van der Waals surface area contributed by atoms with E-state index in [-0.39, 0.29) is 13.0 Å². The molecule has 1 unspecified atom stereocenters. The molecule has 0 saturated carbocycles. The first kappa shape index (κ1) is 21.0. The topological polar surface area (TPSA) is 100 Å². The summed E-state index contributed by atoms with van der Waals surface area (Å²) in [5, 5.41) is 2.41. The Bertz CT molecular complexity index is 542. The largest absolute Gasteiger partial charge is 0.444 e. The third-order valence-electron chi connectivity index (χ3n) is 3.02. The summed E-state index contributed by atoms with van der Waals surface area (Å²) in [4.78, 5) is 36.1. The first-order chi connectivity index (χ1) is 11.4. The van der Waals surface area contributed by atoms with Crippen molar-refractivity contribution in [1.29, 1.82) is 0 Å². The number of nitrogens with one attached hydrogen (secondary N) is 1. The number of hydrogen-bond donors (Lipinski definition) is 1. The number of amides is 1. The molecule has 0 aromatic carbocycles. The Morgan fingerprint density at radius 1 is 1.08 bits per heavy atom. The minimum atomic E-state index is -1.72. The van der Waals surface area contributed by atoms with Crippen molar-refractivity contribution in [2.75, 3.05) is 13.4 Å². The first-order valence-corrected chi connectivity index (χ1v) is 8.00. The molecule has 1 aliphatic heterocycles. The third-order valence-corrected chi connectivity index (χ3v) is 3.02. The minimum absolute atomic E-state index is 0.0678. The van der Waals surface area contributed by atoms with Crippen LogP contribution in [0, 0.1) is 5.41 Å². The maximum atomic E-state index is 12.4. The second-order valence-corrected chi connectivity index (χ2v) is 7.67. The Labute approximate surface area is 147 Å². The highest BCUT2D eigenvalue weighted by atomic mass is 16.7. The summed E-state index contributed by atoms with van der Waals surface area (Å²) in [6.45, 7) is 9.68. The first-order valence-electron chi connectivity index (χ1n) is 8.00. The number of hydrogen-bond acceptors (Lipinski definition) is 7. The van der Waals surface area contributed by atoms with E-state index in [1.807, 2.05) is 0 Å².